The average Bonchev–Trinajstić information content (AvgIpc) is 2.50. The number of nitrogens with zero attached hydrogens (tertiary/aromatic N) is 2. The van der Waals surface area contributed by atoms with E-state index in [1.165, 1.54) is 77.7 Å². The first-order chi connectivity index (χ1) is 10.4. The van der Waals surface area contributed by atoms with Gasteiger partial charge in [0.05, 0.1) is 0 Å². The van der Waals surface area contributed by atoms with Crippen LogP contribution in [0.25, 0.3) is 0 Å². The molecule has 4 aliphatic rings. The smallest absolute Gasteiger partial charge is 0.0449 e. The van der Waals surface area contributed by atoms with Gasteiger partial charge in [-0.15, -0.1) is 0 Å². The second kappa shape index (κ2) is 7.75. The lowest BCUT2D eigenvalue weighted by atomic mass is 9.88. The van der Waals surface area contributed by atoms with Crippen molar-refractivity contribution in [2.24, 2.45) is 0 Å². The van der Waals surface area contributed by atoms with E-state index in [2.05, 4.69) is 28.1 Å². The maximum atomic E-state index is 3.91. The molecule has 21 heavy (non-hydrogen) atoms. The number of rotatable bonds is 5. The molecule has 3 heteroatoms. The third-order valence-corrected chi connectivity index (χ3v) is 5.55. The summed E-state index contributed by atoms with van der Waals surface area (Å²) >= 11 is 0. The van der Waals surface area contributed by atoms with Crippen molar-refractivity contribution in [1.29, 1.82) is 0 Å². The van der Waals surface area contributed by atoms with Gasteiger partial charge in [0, 0.05) is 44.8 Å². The number of hydrogen-bond acceptors (Lipinski definition) is 3. The van der Waals surface area contributed by atoms with Gasteiger partial charge >= 0.3 is 0 Å². The molecule has 3 aliphatic heterocycles. The van der Waals surface area contributed by atoms with Crippen LogP contribution in [0.5, 0.6) is 0 Å². The van der Waals surface area contributed by atoms with Crippen LogP contribution in [0.1, 0.15) is 51.9 Å². The van der Waals surface area contributed by atoms with E-state index < -0.39 is 0 Å². The van der Waals surface area contributed by atoms with Gasteiger partial charge in [-0.1, -0.05) is 31.4 Å². The summed E-state index contributed by atoms with van der Waals surface area (Å²) in [6.45, 7) is 9.86. The lowest BCUT2D eigenvalue weighted by Gasteiger charge is -2.51. The maximum Gasteiger partial charge on any atom is 0.0449 e. The van der Waals surface area contributed by atoms with Crippen LogP contribution in [0.3, 0.4) is 0 Å². The molecular formula is C18H33N3. The highest BCUT2D eigenvalue weighted by Gasteiger charge is 2.37. The van der Waals surface area contributed by atoms with Crippen LogP contribution < -0.4 is 5.32 Å². The molecule has 1 N–H and O–H groups in total. The highest BCUT2D eigenvalue weighted by molar-refractivity contribution is 5.17. The third-order valence-electron chi connectivity index (χ3n) is 5.55. The lowest BCUT2D eigenvalue weighted by molar-refractivity contribution is 0.00163. The van der Waals surface area contributed by atoms with Crippen molar-refractivity contribution in [1.82, 2.24) is 15.1 Å². The van der Waals surface area contributed by atoms with E-state index in [1.807, 2.05) is 0 Å². The Kier molecular flexibility index (Phi) is 5.73. The van der Waals surface area contributed by atoms with Crippen molar-refractivity contribution in [2.75, 3.05) is 39.3 Å². The summed E-state index contributed by atoms with van der Waals surface area (Å²) in [5.74, 6) is 0. The van der Waals surface area contributed by atoms with Crippen LogP contribution in [0, 0.1) is 0 Å². The summed E-state index contributed by atoms with van der Waals surface area (Å²) in [5.41, 5.74) is 1.72. The van der Waals surface area contributed by atoms with Crippen molar-refractivity contribution in [3.63, 3.8) is 0 Å². The minimum Gasteiger partial charge on any atom is -0.309 e. The summed E-state index contributed by atoms with van der Waals surface area (Å²) < 4.78 is 0. The zero-order valence-corrected chi connectivity index (χ0v) is 13.8. The minimum atomic E-state index is 0.603. The Morgan fingerprint density at radius 1 is 1.14 bits per heavy atom. The van der Waals surface area contributed by atoms with Crippen molar-refractivity contribution in [2.45, 2.75) is 64.0 Å². The first-order valence-electron chi connectivity index (χ1n) is 9.27. The van der Waals surface area contributed by atoms with Crippen LogP contribution >= 0.6 is 0 Å². The van der Waals surface area contributed by atoms with Crippen LogP contribution in [0.15, 0.2) is 11.6 Å². The van der Waals surface area contributed by atoms with E-state index in [1.54, 1.807) is 5.57 Å². The molecule has 3 nitrogen and oxygen atoms in total. The van der Waals surface area contributed by atoms with E-state index in [9.17, 15) is 0 Å². The zero-order chi connectivity index (χ0) is 14.5. The van der Waals surface area contributed by atoms with E-state index >= 15 is 0 Å². The molecule has 2 atom stereocenters. The van der Waals surface area contributed by atoms with Crippen LogP contribution in [0.4, 0.5) is 0 Å². The molecule has 0 amide bonds. The van der Waals surface area contributed by atoms with Crippen LogP contribution in [0.2, 0.25) is 0 Å². The molecule has 3 heterocycles. The summed E-state index contributed by atoms with van der Waals surface area (Å²) in [6, 6.07) is 1.32. The molecule has 0 aromatic carbocycles. The monoisotopic (exact) mass is 291 g/mol. The van der Waals surface area contributed by atoms with Gasteiger partial charge in [-0.25, -0.2) is 0 Å². The number of fused-ring (bicyclic) bond motifs is 3. The average molecular weight is 291 g/mol. The summed E-state index contributed by atoms with van der Waals surface area (Å²) in [5, 5.41) is 3.91. The normalized spacial score (nSPS) is 34.9. The first kappa shape index (κ1) is 15.5. The largest absolute Gasteiger partial charge is 0.309 e. The lowest BCUT2D eigenvalue weighted by Crippen LogP contribution is -2.66. The third kappa shape index (κ3) is 3.88. The van der Waals surface area contributed by atoms with Crippen LogP contribution in [-0.4, -0.2) is 61.2 Å². The number of piperazine rings is 3. The highest BCUT2D eigenvalue weighted by atomic mass is 15.4. The van der Waals surface area contributed by atoms with Crippen molar-refractivity contribution in [3.05, 3.63) is 11.6 Å². The molecular weight excluding hydrogens is 258 g/mol. The van der Waals surface area contributed by atoms with Gasteiger partial charge < -0.3 is 5.32 Å². The minimum absolute atomic E-state index is 0.603. The topological polar surface area (TPSA) is 18.5 Å². The molecule has 4 rings (SSSR count). The molecule has 1 aliphatic carbocycles. The van der Waals surface area contributed by atoms with E-state index in [4.69, 9.17) is 0 Å². The van der Waals surface area contributed by atoms with Gasteiger partial charge in [-0.3, -0.25) is 9.80 Å². The second-order valence-electron chi connectivity index (χ2n) is 7.07. The molecule has 3 fully saturated rings. The Labute approximate surface area is 130 Å². The predicted molar refractivity (Wildman–Crippen MR) is 89.7 cm³/mol. The molecule has 2 bridgehead atoms. The quantitative estimate of drug-likeness (QED) is 0.786. The fourth-order valence-corrected chi connectivity index (χ4v) is 4.29. The Balaban J connectivity index is 1.73. The van der Waals surface area contributed by atoms with E-state index in [0.29, 0.717) is 12.1 Å². The van der Waals surface area contributed by atoms with Crippen molar-refractivity contribution < 1.29 is 0 Å². The molecule has 0 aromatic rings. The molecule has 2 unspecified atom stereocenters. The van der Waals surface area contributed by atoms with Gasteiger partial charge in [0.25, 0.3) is 0 Å². The molecule has 0 spiro atoms. The zero-order valence-electron chi connectivity index (χ0n) is 13.8. The number of nitrogens with one attached hydrogen (secondary N) is 1. The Bertz CT molecular complexity index is 344. The summed E-state index contributed by atoms with van der Waals surface area (Å²) in [7, 11) is 0. The number of hydrogen-bond donors (Lipinski definition) is 1. The van der Waals surface area contributed by atoms with E-state index in [-0.39, 0.29) is 0 Å². The molecule has 0 aromatic heterocycles. The summed E-state index contributed by atoms with van der Waals surface area (Å²) in [4.78, 5) is 5.43. The molecule has 3 saturated heterocycles. The fraction of sp³-hybridized carbons (Fsp3) is 0.889. The second-order valence-corrected chi connectivity index (χ2v) is 7.07. The van der Waals surface area contributed by atoms with Crippen molar-refractivity contribution >= 4 is 0 Å². The Hall–Kier alpha value is -0.380. The summed E-state index contributed by atoms with van der Waals surface area (Å²) in [6.07, 6.45) is 12.1. The fourth-order valence-electron chi connectivity index (χ4n) is 4.29. The molecule has 120 valence electrons. The van der Waals surface area contributed by atoms with Gasteiger partial charge in [-0.05, 0) is 38.6 Å². The first-order valence-corrected chi connectivity index (χ1v) is 9.27. The maximum absolute atomic E-state index is 3.91. The Morgan fingerprint density at radius 3 is 2.67 bits per heavy atom. The highest BCUT2D eigenvalue weighted by Crippen LogP contribution is 2.26. The van der Waals surface area contributed by atoms with Crippen LogP contribution in [-0.2, 0) is 0 Å². The molecule has 0 radical (unpaired) electrons. The Morgan fingerprint density at radius 2 is 1.95 bits per heavy atom. The molecule has 0 saturated carbocycles. The van der Waals surface area contributed by atoms with Gasteiger partial charge in [0.1, 0.15) is 0 Å². The van der Waals surface area contributed by atoms with Gasteiger partial charge in [-0.2, -0.15) is 0 Å². The van der Waals surface area contributed by atoms with Gasteiger partial charge in [0.2, 0.25) is 0 Å². The predicted octanol–water partition coefficient (Wildman–Crippen LogP) is 2.64. The van der Waals surface area contributed by atoms with Gasteiger partial charge in [0.15, 0.2) is 0 Å². The standard InChI is InChI=1S/C18H33N3/c1-2-10-19-18(16-8-6-4-3-5-7-9-16)17-15-20-11-13-21(17)14-12-20/h8,17-19H,2-7,9-15H2,1H3. The number of allylic oxidation sites excluding steroid dienone is 1. The van der Waals surface area contributed by atoms with E-state index in [0.717, 1.165) is 6.54 Å². The van der Waals surface area contributed by atoms with Crippen molar-refractivity contribution in [3.8, 4) is 0 Å². The SMILES string of the molecule is CCCNC(C1=CCCCCCC1)C1CN2CCN1CC2.